The van der Waals surface area contributed by atoms with Crippen LogP contribution in [0, 0.1) is 30.3 Å². The summed E-state index contributed by atoms with van der Waals surface area (Å²) in [5.41, 5.74) is 2.98. The minimum absolute atomic E-state index is 0.0771. The molecule has 0 bridgehead atoms. The summed E-state index contributed by atoms with van der Waals surface area (Å²) in [4.78, 5) is 30.4. The molecular weight excluding hydrogens is 414 g/mol. The van der Waals surface area contributed by atoms with E-state index in [4.69, 9.17) is 4.42 Å². The highest BCUT2D eigenvalue weighted by Crippen LogP contribution is 2.21. The normalized spacial score (nSPS) is 11.4. The first kappa shape index (κ1) is 20.7. The lowest BCUT2D eigenvalue weighted by molar-refractivity contribution is -0.402. The van der Waals surface area contributed by atoms with Gasteiger partial charge < -0.3 is 4.42 Å². The Bertz CT molecular complexity index is 1180. The van der Waals surface area contributed by atoms with Crippen LogP contribution in [0.3, 0.4) is 0 Å². The summed E-state index contributed by atoms with van der Waals surface area (Å²) < 4.78 is 5.08. The van der Waals surface area contributed by atoms with Gasteiger partial charge >= 0.3 is 5.88 Å². The molecule has 14 nitrogen and oxygen atoms in total. The molecule has 0 spiro atoms. The summed E-state index contributed by atoms with van der Waals surface area (Å²) in [6, 6.07) is 12.9. The zero-order valence-electron chi connectivity index (χ0n) is 15.3. The Morgan fingerprint density at radius 2 is 1.35 bits per heavy atom. The van der Waals surface area contributed by atoms with Crippen LogP contribution in [0.25, 0.3) is 0 Å². The van der Waals surface area contributed by atoms with Crippen molar-refractivity contribution >= 4 is 34.5 Å². The molecule has 0 aliphatic carbocycles. The SMILES string of the molecule is O=[N+]([O-])c1ccc(N=N/C(=N\Nc2ccc([N+](=O)[O-])cc2)c2ccc([N+](=O)[O-])o2)cc1. The lowest BCUT2D eigenvalue weighted by atomic mass is 10.3. The van der Waals surface area contributed by atoms with E-state index in [1.807, 2.05) is 0 Å². The third kappa shape index (κ3) is 5.29. The summed E-state index contributed by atoms with van der Waals surface area (Å²) in [6.07, 6.45) is 0. The molecule has 2 aromatic carbocycles. The van der Waals surface area contributed by atoms with Gasteiger partial charge in [-0.05, 0) is 30.3 Å². The predicted molar refractivity (Wildman–Crippen MR) is 106 cm³/mol. The smallest absolute Gasteiger partial charge is 0.397 e. The standard InChI is InChI=1S/C17H11N7O7/c25-22(26)13-5-1-11(2-6-13)18-20-17(15-9-10-16(31-15)24(29)30)21-19-12-3-7-14(8-4-12)23(27)28/h1-10,18H/b20-17-,21-19?. The lowest BCUT2D eigenvalue weighted by Crippen LogP contribution is -2.00. The number of rotatable bonds is 7. The Balaban J connectivity index is 1.88. The zero-order valence-corrected chi connectivity index (χ0v) is 15.3. The van der Waals surface area contributed by atoms with Crippen molar-refractivity contribution in [1.29, 1.82) is 0 Å². The molecule has 0 fully saturated rings. The van der Waals surface area contributed by atoms with E-state index < -0.39 is 20.7 Å². The van der Waals surface area contributed by atoms with Crippen molar-refractivity contribution in [1.82, 2.24) is 0 Å². The second kappa shape index (κ2) is 8.99. The van der Waals surface area contributed by atoms with Crippen LogP contribution in [0.1, 0.15) is 5.76 Å². The number of hydrazone groups is 1. The van der Waals surface area contributed by atoms with Gasteiger partial charge in [0.1, 0.15) is 4.92 Å². The summed E-state index contributed by atoms with van der Waals surface area (Å²) in [7, 11) is 0. The van der Waals surface area contributed by atoms with Crippen LogP contribution >= 0.6 is 0 Å². The minimum atomic E-state index is -0.738. The Morgan fingerprint density at radius 1 is 0.774 bits per heavy atom. The highest BCUT2D eigenvalue weighted by Gasteiger charge is 2.16. The maximum atomic E-state index is 10.9. The molecule has 3 aromatic rings. The van der Waals surface area contributed by atoms with E-state index >= 15 is 0 Å². The van der Waals surface area contributed by atoms with Crippen LogP contribution in [0.2, 0.25) is 0 Å². The number of nitrogens with one attached hydrogen (secondary N) is 1. The molecule has 0 amide bonds. The van der Waals surface area contributed by atoms with Crippen molar-refractivity contribution in [3.8, 4) is 0 Å². The number of azo groups is 1. The molecule has 0 radical (unpaired) electrons. The Kier molecular flexibility index (Phi) is 6.01. The van der Waals surface area contributed by atoms with Crippen molar-refractivity contribution in [2.24, 2.45) is 15.3 Å². The van der Waals surface area contributed by atoms with Crippen LogP contribution in [0.5, 0.6) is 0 Å². The van der Waals surface area contributed by atoms with Crippen LogP contribution in [-0.4, -0.2) is 20.6 Å². The van der Waals surface area contributed by atoms with Gasteiger partial charge in [-0.25, -0.2) is 0 Å². The first-order valence-electron chi connectivity index (χ1n) is 8.32. The topological polar surface area (TPSA) is 192 Å². The molecular formula is C17H11N7O7. The fraction of sp³-hybridized carbons (Fsp3) is 0. The van der Waals surface area contributed by atoms with E-state index in [-0.39, 0.29) is 28.7 Å². The Labute approximate surface area is 172 Å². The first-order chi connectivity index (χ1) is 14.8. The van der Waals surface area contributed by atoms with Crippen molar-refractivity contribution < 1.29 is 19.2 Å². The third-order valence-electron chi connectivity index (χ3n) is 3.68. The number of anilines is 1. The van der Waals surface area contributed by atoms with Gasteiger partial charge in [-0.2, -0.15) is 0 Å². The number of amidine groups is 1. The number of benzene rings is 2. The highest BCUT2D eigenvalue weighted by atomic mass is 16.7. The second-order valence-electron chi connectivity index (χ2n) is 5.72. The van der Waals surface area contributed by atoms with Gasteiger partial charge in [0.15, 0.2) is 5.76 Å². The molecule has 1 aromatic heterocycles. The number of nitro benzene ring substituents is 2. The number of nitrogens with zero attached hydrogens (tertiary/aromatic N) is 6. The molecule has 31 heavy (non-hydrogen) atoms. The largest absolute Gasteiger partial charge is 0.433 e. The van der Waals surface area contributed by atoms with Crippen molar-refractivity contribution in [2.75, 3.05) is 5.43 Å². The van der Waals surface area contributed by atoms with Gasteiger partial charge in [0, 0.05) is 24.3 Å². The molecule has 0 aliphatic rings. The Morgan fingerprint density at radius 3 is 1.87 bits per heavy atom. The number of non-ortho nitro benzene ring substituents is 2. The van der Waals surface area contributed by atoms with Gasteiger partial charge in [-0.15, -0.1) is 15.3 Å². The van der Waals surface area contributed by atoms with Crippen molar-refractivity contribution in [2.45, 2.75) is 0 Å². The summed E-state index contributed by atoms with van der Waals surface area (Å²) in [5.74, 6) is -0.792. The zero-order chi connectivity index (χ0) is 22.4. The van der Waals surface area contributed by atoms with Crippen molar-refractivity contribution in [3.05, 3.63) is 96.8 Å². The average molecular weight is 425 g/mol. The van der Waals surface area contributed by atoms with Gasteiger partial charge in [0.25, 0.3) is 11.4 Å². The predicted octanol–water partition coefficient (Wildman–Crippen LogP) is 4.56. The molecule has 0 aliphatic heterocycles. The average Bonchev–Trinajstić information content (AvgIpc) is 3.25. The molecule has 14 heteroatoms. The molecule has 0 atom stereocenters. The molecule has 0 saturated heterocycles. The van der Waals surface area contributed by atoms with E-state index in [2.05, 4.69) is 20.8 Å². The quantitative estimate of drug-likeness (QED) is 0.187. The number of nitro groups is 3. The van der Waals surface area contributed by atoms with Gasteiger partial charge in [-0.3, -0.25) is 35.8 Å². The molecule has 3 rings (SSSR count). The van der Waals surface area contributed by atoms with E-state index in [1.165, 1.54) is 54.6 Å². The van der Waals surface area contributed by atoms with Crippen LogP contribution in [0.15, 0.2) is 80.4 Å². The number of furan rings is 1. The van der Waals surface area contributed by atoms with Crippen LogP contribution in [0.4, 0.5) is 28.6 Å². The highest BCUT2D eigenvalue weighted by molar-refractivity contribution is 5.97. The summed E-state index contributed by atoms with van der Waals surface area (Å²) in [5, 5.41) is 44.1. The van der Waals surface area contributed by atoms with E-state index in [9.17, 15) is 30.3 Å². The van der Waals surface area contributed by atoms with E-state index in [1.54, 1.807) is 0 Å². The van der Waals surface area contributed by atoms with Crippen LogP contribution in [-0.2, 0) is 0 Å². The molecule has 1 heterocycles. The molecule has 0 unspecified atom stereocenters. The maximum Gasteiger partial charge on any atom is 0.433 e. The third-order valence-corrected chi connectivity index (χ3v) is 3.68. The molecule has 1 N–H and O–H groups in total. The molecule has 156 valence electrons. The number of hydrogen-bond acceptors (Lipinski definition) is 10. The van der Waals surface area contributed by atoms with E-state index in [0.29, 0.717) is 5.69 Å². The fourth-order valence-electron chi connectivity index (χ4n) is 2.19. The van der Waals surface area contributed by atoms with Gasteiger partial charge in [0.05, 0.1) is 27.3 Å². The Hall–Kier alpha value is -5.01. The van der Waals surface area contributed by atoms with Crippen molar-refractivity contribution in [3.63, 3.8) is 0 Å². The monoisotopic (exact) mass is 425 g/mol. The summed E-state index contributed by atoms with van der Waals surface area (Å²) in [6.45, 7) is 0. The lowest BCUT2D eigenvalue weighted by Gasteiger charge is -2.01. The van der Waals surface area contributed by atoms with Crippen LogP contribution < -0.4 is 5.43 Å². The van der Waals surface area contributed by atoms with Gasteiger partial charge in [0.2, 0.25) is 5.84 Å². The van der Waals surface area contributed by atoms with E-state index in [0.717, 1.165) is 6.07 Å². The summed E-state index contributed by atoms with van der Waals surface area (Å²) >= 11 is 0. The fourth-order valence-corrected chi connectivity index (χ4v) is 2.19. The first-order valence-corrected chi connectivity index (χ1v) is 8.32. The second-order valence-corrected chi connectivity index (χ2v) is 5.72. The molecule has 0 saturated carbocycles. The number of hydrogen-bond donors (Lipinski definition) is 1. The minimum Gasteiger partial charge on any atom is -0.397 e. The maximum absolute atomic E-state index is 10.9. The van der Waals surface area contributed by atoms with Gasteiger partial charge in [-0.1, -0.05) is 0 Å².